The maximum atomic E-state index is 4.86. The second-order valence-corrected chi connectivity index (χ2v) is 7.78. The van der Waals surface area contributed by atoms with Crippen LogP contribution in [0.2, 0.25) is 0 Å². The average Bonchev–Trinajstić information content (AvgIpc) is 3.07. The van der Waals surface area contributed by atoms with Crippen molar-refractivity contribution < 1.29 is 17.0 Å². The Morgan fingerprint density at radius 1 is 0.966 bits per heavy atom. The van der Waals surface area contributed by atoms with Crippen LogP contribution in [0.25, 0.3) is 5.69 Å². The van der Waals surface area contributed by atoms with Gasteiger partial charge >= 0.3 is 0 Å². The largest absolute Gasteiger partial charge is 1.00 e. The van der Waals surface area contributed by atoms with Crippen LogP contribution >= 0.6 is 23.2 Å². The average molecular weight is 453 g/mol. The molecule has 0 amide bonds. The molecule has 6 heteroatoms. The Kier molecular flexibility index (Phi) is 9.91. The van der Waals surface area contributed by atoms with Crippen LogP contribution in [0.3, 0.4) is 0 Å². The number of halogens is 3. The molecule has 1 heterocycles. The van der Waals surface area contributed by atoms with Crippen LogP contribution in [0.5, 0.6) is 0 Å². The lowest BCUT2D eigenvalue weighted by Gasteiger charge is -2.08. The number of rotatable bonds is 2. The number of nitrogens with zero attached hydrogens (tertiary/aromatic N) is 3. The Morgan fingerprint density at radius 3 is 2.00 bits per heavy atom. The molecule has 0 N–H and O–H groups in total. The van der Waals surface area contributed by atoms with Gasteiger partial charge in [0.1, 0.15) is 17.6 Å². The third-order valence-electron chi connectivity index (χ3n) is 4.62. The Bertz CT molecular complexity index is 948. The van der Waals surface area contributed by atoms with Gasteiger partial charge in [-0.1, -0.05) is 35.9 Å². The third-order valence-corrected chi connectivity index (χ3v) is 4.62. The molecule has 0 saturated carbocycles. The van der Waals surface area contributed by atoms with Gasteiger partial charge in [0.25, 0.3) is 0 Å². The first-order valence-electron chi connectivity index (χ1n) is 9.19. The van der Waals surface area contributed by atoms with Crippen molar-refractivity contribution in [3.8, 4) is 5.69 Å². The number of para-hydroxylation sites is 1. The highest BCUT2D eigenvalue weighted by molar-refractivity contribution is 6.40. The minimum Gasteiger partial charge on any atom is -1.00 e. The monoisotopic (exact) mass is 451 g/mol. The van der Waals surface area contributed by atoms with Gasteiger partial charge in [-0.25, -0.2) is 9.13 Å². The van der Waals surface area contributed by atoms with Gasteiger partial charge in [0.15, 0.2) is 6.33 Å². The first-order chi connectivity index (χ1) is 13.3. The summed E-state index contributed by atoms with van der Waals surface area (Å²) < 4.78 is 4.25. The molecule has 0 bridgehead atoms. The van der Waals surface area contributed by atoms with E-state index in [0.29, 0.717) is 0 Å². The normalized spacial score (nSPS) is 10.8. The Labute approximate surface area is 190 Å². The van der Waals surface area contributed by atoms with Crippen LogP contribution in [-0.4, -0.2) is 15.7 Å². The van der Waals surface area contributed by atoms with E-state index in [-0.39, 0.29) is 17.7 Å². The molecule has 0 fully saturated rings. The quantitative estimate of drug-likeness (QED) is 0.246. The predicted octanol–water partition coefficient (Wildman–Crippen LogP) is 3.33. The summed E-state index contributed by atoms with van der Waals surface area (Å²) in [6, 6.07) is 10.7. The fourth-order valence-electron chi connectivity index (χ4n) is 3.46. The Morgan fingerprint density at radius 2 is 1.48 bits per heavy atom. The lowest BCUT2D eigenvalue weighted by molar-refractivity contribution is -0.555. The van der Waals surface area contributed by atoms with E-state index in [9.17, 15) is 0 Å². The zero-order valence-corrected chi connectivity index (χ0v) is 20.1. The molecule has 3 nitrogen and oxygen atoms in total. The molecule has 2 aromatic carbocycles. The number of aliphatic imine (C=N–C) groups is 1. The highest BCUT2D eigenvalue weighted by atomic mass is 35.5. The van der Waals surface area contributed by atoms with Crippen LogP contribution in [0, 0.1) is 34.6 Å². The number of benzene rings is 2. The second kappa shape index (κ2) is 11.4. The van der Waals surface area contributed by atoms with Crippen molar-refractivity contribution in [2.24, 2.45) is 4.99 Å². The number of aromatic nitrogens is 2. The van der Waals surface area contributed by atoms with E-state index in [2.05, 4.69) is 92.8 Å². The second-order valence-electron chi connectivity index (χ2n) is 6.98. The summed E-state index contributed by atoms with van der Waals surface area (Å²) >= 11 is 9.53. The number of aryl methyl sites for hydroxylation is 5. The van der Waals surface area contributed by atoms with E-state index in [4.69, 9.17) is 28.2 Å². The van der Waals surface area contributed by atoms with Crippen molar-refractivity contribution >= 4 is 34.7 Å². The fraction of sp³-hybridized carbons (Fsp3) is 0.304. The zero-order chi connectivity index (χ0) is 20.8. The van der Waals surface area contributed by atoms with Gasteiger partial charge in [-0.15, -0.1) is 28.2 Å². The van der Waals surface area contributed by atoms with Crippen molar-refractivity contribution in [1.82, 2.24) is 4.57 Å². The topological polar surface area (TPSA) is 21.2 Å². The first-order valence-corrected chi connectivity index (χ1v) is 10.3. The van der Waals surface area contributed by atoms with Gasteiger partial charge in [-0.05, 0) is 56.9 Å². The maximum absolute atomic E-state index is 4.86. The number of hydrogen-bond donors (Lipinski definition) is 0. The van der Waals surface area contributed by atoms with Gasteiger partial charge < -0.3 is 12.4 Å². The van der Waals surface area contributed by atoms with Gasteiger partial charge in [-0.2, -0.15) is 0 Å². The number of hydrogen-bond acceptors (Lipinski definition) is 1. The van der Waals surface area contributed by atoms with Crippen molar-refractivity contribution in [3.63, 3.8) is 0 Å². The summed E-state index contributed by atoms with van der Waals surface area (Å²) in [6.07, 6.45) is 6.25. The molecular formula is C23H28Cl3N3. The lowest BCUT2D eigenvalue weighted by atomic mass is 10.1. The van der Waals surface area contributed by atoms with Crippen molar-refractivity contribution in [2.75, 3.05) is 5.34 Å². The number of alkyl halides is 2. The molecule has 1 aromatic heterocycles. The van der Waals surface area contributed by atoms with Crippen LogP contribution in [0.1, 0.15) is 34.7 Å². The predicted molar refractivity (Wildman–Crippen MR) is 121 cm³/mol. The molecule has 0 unspecified atom stereocenters. The summed E-state index contributed by atoms with van der Waals surface area (Å²) in [4.78, 5) is 4.86. The van der Waals surface area contributed by atoms with Gasteiger partial charge in [-0.3, -0.25) is 0 Å². The van der Waals surface area contributed by atoms with E-state index in [0.717, 1.165) is 11.5 Å². The van der Waals surface area contributed by atoms with E-state index in [1.807, 2.05) is 6.92 Å². The highest BCUT2D eigenvalue weighted by Crippen LogP contribution is 2.23. The molecule has 3 rings (SSSR count). The highest BCUT2D eigenvalue weighted by Gasteiger charge is 2.14. The SMILES string of the molecule is CC(=Nc1c(C)cccc1C)[n+]1ccn(-c2c(C)cc(C)cc2C)c1.ClCCl.[Cl-]. The van der Waals surface area contributed by atoms with Gasteiger partial charge in [0.2, 0.25) is 5.84 Å². The Hall–Kier alpha value is -1.81. The zero-order valence-electron chi connectivity index (χ0n) is 17.8. The van der Waals surface area contributed by atoms with Crippen LogP contribution in [0.15, 0.2) is 54.0 Å². The molecule has 156 valence electrons. The van der Waals surface area contributed by atoms with E-state index >= 15 is 0 Å². The summed E-state index contributed by atoms with van der Waals surface area (Å²) in [7, 11) is 0. The summed E-state index contributed by atoms with van der Waals surface area (Å²) in [6.45, 7) is 12.7. The first kappa shape index (κ1) is 25.2. The van der Waals surface area contributed by atoms with Crippen molar-refractivity contribution in [3.05, 3.63) is 76.9 Å². The van der Waals surface area contributed by atoms with Crippen LogP contribution in [-0.2, 0) is 0 Å². The molecule has 3 aromatic rings. The molecule has 0 aliphatic heterocycles. The van der Waals surface area contributed by atoms with E-state index < -0.39 is 0 Å². The smallest absolute Gasteiger partial charge is 0.240 e. The summed E-state index contributed by atoms with van der Waals surface area (Å²) in [5.74, 6) is 0.957. The Balaban J connectivity index is 0.000000990. The van der Waals surface area contributed by atoms with Crippen LogP contribution < -0.4 is 17.0 Å². The third kappa shape index (κ3) is 6.33. The fourth-order valence-corrected chi connectivity index (χ4v) is 3.46. The molecular weight excluding hydrogens is 425 g/mol. The minimum absolute atomic E-state index is 0. The van der Waals surface area contributed by atoms with Crippen LogP contribution in [0.4, 0.5) is 5.69 Å². The van der Waals surface area contributed by atoms with Gasteiger partial charge in [0, 0.05) is 6.92 Å². The molecule has 29 heavy (non-hydrogen) atoms. The number of imidazole rings is 1. The lowest BCUT2D eigenvalue weighted by Crippen LogP contribution is -3.00. The molecule has 0 aliphatic rings. The standard InChI is InChI=1S/C22H26N3.CH2Cl2.ClH/c1-15-12-18(4)22(19(5)13-15)25-11-10-24(14-25)20(6)23-21-16(2)8-7-9-17(21)3;2-1-3;/h7-14H,1-6H3;1H2;1H/q+1;;/p-1. The van der Waals surface area contributed by atoms with Crippen molar-refractivity contribution in [1.29, 1.82) is 0 Å². The molecule has 0 atom stereocenters. The minimum atomic E-state index is 0. The van der Waals surface area contributed by atoms with E-state index in [1.165, 1.54) is 33.5 Å². The molecule has 0 spiro atoms. The molecule has 0 aliphatic carbocycles. The summed E-state index contributed by atoms with van der Waals surface area (Å²) in [5.41, 5.74) is 8.56. The van der Waals surface area contributed by atoms with Gasteiger partial charge in [0.05, 0.1) is 11.5 Å². The molecule has 0 radical (unpaired) electrons. The maximum Gasteiger partial charge on any atom is 0.240 e. The van der Waals surface area contributed by atoms with Crippen molar-refractivity contribution in [2.45, 2.75) is 41.5 Å². The van der Waals surface area contributed by atoms with E-state index in [1.54, 1.807) is 0 Å². The summed E-state index contributed by atoms with van der Waals surface area (Å²) in [5, 5.41) is 0.194. The molecule has 0 saturated heterocycles.